The minimum absolute atomic E-state index is 0.379. The molecule has 0 spiro atoms. The molecule has 16 heavy (non-hydrogen) atoms. The summed E-state index contributed by atoms with van der Waals surface area (Å²) in [7, 11) is 1.59. The average Bonchev–Trinajstić information content (AvgIpc) is 2.73. The molecule has 1 aromatic heterocycles. The molecule has 5 nitrogen and oxygen atoms in total. The smallest absolute Gasteiger partial charge is 0.0785 e. The summed E-state index contributed by atoms with van der Waals surface area (Å²) < 4.78 is 6.75. The molecule has 0 aromatic carbocycles. The van der Waals surface area contributed by atoms with E-state index in [1.54, 1.807) is 7.11 Å². The summed E-state index contributed by atoms with van der Waals surface area (Å²) in [5.41, 5.74) is 1.17. The standard InChI is InChI=1S/C11H21N3O2/c1-3-14-8-10(7-13-14)6-12-5-4-11(15)9-16-2/h7-8,11-12,15H,3-6,9H2,1-2H3. The van der Waals surface area contributed by atoms with Gasteiger partial charge in [-0.1, -0.05) is 0 Å². The number of aliphatic hydroxyl groups is 1. The van der Waals surface area contributed by atoms with Crippen molar-refractivity contribution >= 4 is 0 Å². The molecule has 1 heterocycles. The zero-order valence-corrected chi connectivity index (χ0v) is 10.0. The number of rotatable bonds is 8. The van der Waals surface area contributed by atoms with Crippen molar-refractivity contribution in [2.75, 3.05) is 20.3 Å². The Morgan fingerprint density at radius 3 is 3.06 bits per heavy atom. The molecular formula is C11H21N3O2. The number of hydrogen-bond acceptors (Lipinski definition) is 4. The predicted octanol–water partition coefficient (Wildman–Crippen LogP) is 0.390. The zero-order valence-electron chi connectivity index (χ0n) is 10.0. The van der Waals surface area contributed by atoms with Gasteiger partial charge in [0, 0.05) is 32.0 Å². The van der Waals surface area contributed by atoms with Crippen LogP contribution < -0.4 is 5.32 Å². The van der Waals surface area contributed by atoms with Crippen molar-refractivity contribution in [2.45, 2.75) is 32.5 Å². The maximum Gasteiger partial charge on any atom is 0.0785 e. The third-order valence-corrected chi connectivity index (χ3v) is 2.35. The van der Waals surface area contributed by atoms with Gasteiger partial charge in [0.15, 0.2) is 0 Å². The molecule has 1 aromatic rings. The Labute approximate surface area is 96.4 Å². The molecule has 0 aliphatic rings. The topological polar surface area (TPSA) is 59.3 Å². The summed E-state index contributed by atoms with van der Waals surface area (Å²) in [4.78, 5) is 0. The van der Waals surface area contributed by atoms with Gasteiger partial charge in [-0.3, -0.25) is 4.68 Å². The van der Waals surface area contributed by atoms with E-state index >= 15 is 0 Å². The van der Waals surface area contributed by atoms with Gasteiger partial charge >= 0.3 is 0 Å². The van der Waals surface area contributed by atoms with Gasteiger partial charge in [-0.2, -0.15) is 5.10 Å². The third-order valence-electron chi connectivity index (χ3n) is 2.35. The van der Waals surface area contributed by atoms with Gasteiger partial charge in [-0.05, 0) is 19.9 Å². The van der Waals surface area contributed by atoms with Crippen LogP contribution in [0.2, 0.25) is 0 Å². The maximum atomic E-state index is 9.41. The highest BCUT2D eigenvalue weighted by Gasteiger charge is 2.02. The van der Waals surface area contributed by atoms with Crippen LogP contribution in [-0.4, -0.2) is 41.3 Å². The van der Waals surface area contributed by atoms with E-state index < -0.39 is 0 Å². The Morgan fingerprint density at radius 1 is 1.62 bits per heavy atom. The fourth-order valence-corrected chi connectivity index (χ4v) is 1.45. The molecular weight excluding hydrogens is 206 g/mol. The van der Waals surface area contributed by atoms with Crippen molar-refractivity contribution in [3.05, 3.63) is 18.0 Å². The van der Waals surface area contributed by atoms with E-state index in [1.165, 1.54) is 5.56 Å². The van der Waals surface area contributed by atoms with E-state index in [0.29, 0.717) is 13.0 Å². The van der Waals surface area contributed by atoms with Crippen molar-refractivity contribution in [3.8, 4) is 0 Å². The molecule has 1 rings (SSSR count). The first-order chi connectivity index (χ1) is 7.76. The minimum atomic E-state index is -0.379. The van der Waals surface area contributed by atoms with Crippen molar-refractivity contribution in [1.82, 2.24) is 15.1 Å². The first-order valence-electron chi connectivity index (χ1n) is 5.65. The molecule has 0 radical (unpaired) electrons. The number of methoxy groups -OCH3 is 1. The van der Waals surface area contributed by atoms with Gasteiger partial charge in [0.1, 0.15) is 0 Å². The van der Waals surface area contributed by atoms with Crippen LogP contribution in [0.15, 0.2) is 12.4 Å². The lowest BCUT2D eigenvalue weighted by Gasteiger charge is -2.09. The van der Waals surface area contributed by atoms with Crippen LogP contribution in [0, 0.1) is 0 Å². The molecule has 0 bridgehead atoms. The fraction of sp³-hybridized carbons (Fsp3) is 0.727. The second-order valence-electron chi connectivity index (χ2n) is 3.78. The highest BCUT2D eigenvalue weighted by Crippen LogP contribution is 1.97. The number of ether oxygens (including phenoxy) is 1. The third kappa shape index (κ3) is 4.74. The number of nitrogens with one attached hydrogen (secondary N) is 1. The lowest BCUT2D eigenvalue weighted by Crippen LogP contribution is -2.22. The molecule has 2 N–H and O–H groups in total. The summed E-state index contributed by atoms with van der Waals surface area (Å²) >= 11 is 0. The number of aryl methyl sites for hydroxylation is 1. The summed E-state index contributed by atoms with van der Waals surface area (Å²) in [5, 5.41) is 16.9. The summed E-state index contributed by atoms with van der Waals surface area (Å²) in [5.74, 6) is 0. The Bertz CT molecular complexity index is 289. The predicted molar refractivity (Wildman–Crippen MR) is 62.1 cm³/mol. The summed E-state index contributed by atoms with van der Waals surface area (Å²) in [6, 6.07) is 0. The highest BCUT2D eigenvalue weighted by molar-refractivity contribution is 5.02. The summed E-state index contributed by atoms with van der Waals surface area (Å²) in [6.45, 7) is 4.93. The Hall–Kier alpha value is -0.910. The molecule has 1 unspecified atom stereocenters. The van der Waals surface area contributed by atoms with Crippen molar-refractivity contribution < 1.29 is 9.84 Å². The van der Waals surface area contributed by atoms with Gasteiger partial charge in [0.25, 0.3) is 0 Å². The Kier molecular flexibility index (Phi) is 6.07. The van der Waals surface area contributed by atoms with Gasteiger partial charge in [-0.25, -0.2) is 0 Å². The molecule has 92 valence electrons. The average molecular weight is 227 g/mol. The largest absolute Gasteiger partial charge is 0.391 e. The fourth-order valence-electron chi connectivity index (χ4n) is 1.45. The summed E-state index contributed by atoms with van der Waals surface area (Å²) in [6.07, 6.45) is 4.21. The van der Waals surface area contributed by atoms with Crippen molar-refractivity contribution in [1.29, 1.82) is 0 Å². The maximum absolute atomic E-state index is 9.41. The molecule has 5 heteroatoms. The van der Waals surface area contributed by atoms with Gasteiger partial charge in [-0.15, -0.1) is 0 Å². The van der Waals surface area contributed by atoms with Crippen molar-refractivity contribution in [3.63, 3.8) is 0 Å². The quantitative estimate of drug-likeness (QED) is 0.631. The number of hydrogen-bond donors (Lipinski definition) is 2. The van der Waals surface area contributed by atoms with E-state index in [4.69, 9.17) is 4.74 Å². The van der Waals surface area contributed by atoms with Crippen LogP contribution in [0.1, 0.15) is 18.9 Å². The van der Waals surface area contributed by atoms with Crippen LogP contribution in [0.5, 0.6) is 0 Å². The van der Waals surface area contributed by atoms with Crippen molar-refractivity contribution in [2.24, 2.45) is 0 Å². The van der Waals surface area contributed by atoms with E-state index in [0.717, 1.165) is 19.6 Å². The van der Waals surface area contributed by atoms with E-state index in [9.17, 15) is 5.11 Å². The number of nitrogens with zero attached hydrogens (tertiary/aromatic N) is 2. The number of aromatic nitrogens is 2. The van der Waals surface area contributed by atoms with Gasteiger partial charge in [0.2, 0.25) is 0 Å². The number of aliphatic hydroxyl groups excluding tert-OH is 1. The van der Waals surface area contributed by atoms with Gasteiger partial charge in [0.05, 0.1) is 18.9 Å². The van der Waals surface area contributed by atoms with E-state index in [-0.39, 0.29) is 6.10 Å². The molecule has 0 fully saturated rings. The lowest BCUT2D eigenvalue weighted by molar-refractivity contribution is 0.0594. The molecule has 1 atom stereocenters. The molecule has 0 aliphatic carbocycles. The second kappa shape index (κ2) is 7.38. The van der Waals surface area contributed by atoms with Gasteiger partial charge < -0.3 is 15.2 Å². The van der Waals surface area contributed by atoms with Crippen LogP contribution in [-0.2, 0) is 17.8 Å². The normalized spacial score (nSPS) is 12.9. The van der Waals surface area contributed by atoms with Crippen LogP contribution in [0.3, 0.4) is 0 Å². The van der Waals surface area contributed by atoms with Crippen LogP contribution in [0.25, 0.3) is 0 Å². The van der Waals surface area contributed by atoms with Crippen LogP contribution in [0.4, 0.5) is 0 Å². The van der Waals surface area contributed by atoms with Crippen LogP contribution >= 0.6 is 0 Å². The monoisotopic (exact) mass is 227 g/mol. The molecule has 0 saturated carbocycles. The first-order valence-corrected chi connectivity index (χ1v) is 5.65. The Balaban J connectivity index is 2.11. The minimum Gasteiger partial charge on any atom is -0.391 e. The molecule has 0 amide bonds. The highest BCUT2D eigenvalue weighted by atomic mass is 16.5. The second-order valence-corrected chi connectivity index (χ2v) is 3.78. The van der Waals surface area contributed by atoms with E-state index in [1.807, 2.05) is 17.1 Å². The molecule has 0 aliphatic heterocycles. The lowest BCUT2D eigenvalue weighted by atomic mass is 10.2. The first kappa shape index (κ1) is 13.2. The van der Waals surface area contributed by atoms with E-state index in [2.05, 4.69) is 17.3 Å². The molecule has 0 saturated heterocycles. The Morgan fingerprint density at radius 2 is 2.44 bits per heavy atom. The SMILES string of the molecule is CCn1cc(CNCCC(O)COC)cn1. The zero-order chi connectivity index (χ0) is 11.8.